The minimum absolute atomic E-state index is 0. The zero-order chi connectivity index (χ0) is 16.2. The van der Waals surface area contributed by atoms with Gasteiger partial charge in [-0.1, -0.05) is 31.2 Å². The summed E-state index contributed by atoms with van der Waals surface area (Å²) in [7, 11) is 0. The van der Waals surface area contributed by atoms with Crippen LogP contribution in [0.2, 0.25) is 0 Å². The normalized spacial score (nSPS) is 20.9. The molecule has 1 aromatic carbocycles. The zero-order valence-corrected chi connectivity index (χ0v) is 15.5. The summed E-state index contributed by atoms with van der Waals surface area (Å²) in [6, 6.07) is 8.55. The Morgan fingerprint density at radius 1 is 1.33 bits per heavy atom. The van der Waals surface area contributed by atoms with Gasteiger partial charge in [0.25, 0.3) is 0 Å². The summed E-state index contributed by atoms with van der Waals surface area (Å²) in [5, 5.41) is 3.37. The van der Waals surface area contributed by atoms with Gasteiger partial charge in [-0.15, -0.1) is 24.2 Å². The standard InChI is InChI=1S/C17H23N3O2S.ClH/c1-2-13-3-5-14(6-4-13)15-9-18-7-8-20(15)16(21)10-19-12-23-11-17(19)22;/h3-6,15,18H,2,7-12H2,1H3;1H. The predicted octanol–water partition coefficient (Wildman–Crippen LogP) is 1.68. The molecule has 7 heteroatoms. The number of carbonyl (C=O) groups excluding carboxylic acids is 2. The molecule has 2 aliphatic rings. The minimum Gasteiger partial charge on any atom is -0.332 e. The summed E-state index contributed by atoms with van der Waals surface area (Å²) in [6.07, 6.45) is 1.01. The van der Waals surface area contributed by atoms with Gasteiger partial charge in [0, 0.05) is 19.6 Å². The number of piperazine rings is 1. The van der Waals surface area contributed by atoms with Crippen molar-refractivity contribution >= 4 is 36.0 Å². The second kappa shape index (κ2) is 8.74. The van der Waals surface area contributed by atoms with Crippen molar-refractivity contribution in [2.75, 3.05) is 37.8 Å². The van der Waals surface area contributed by atoms with Gasteiger partial charge in [0.05, 0.1) is 17.7 Å². The van der Waals surface area contributed by atoms with Crippen LogP contribution in [0, 0.1) is 0 Å². The predicted molar refractivity (Wildman–Crippen MR) is 99.4 cm³/mol. The highest BCUT2D eigenvalue weighted by Crippen LogP contribution is 2.24. The van der Waals surface area contributed by atoms with Crippen LogP contribution in [0.1, 0.15) is 24.1 Å². The molecule has 0 aliphatic carbocycles. The summed E-state index contributed by atoms with van der Waals surface area (Å²) in [6.45, 7) is 4.60. The second-order valence-electron chi connectivity index (χ2n) is 5.97. The first-order chi connectivity index (χ1) is 11.2. The summed E-state index contributed by atoms with van der Waals surface area (Å²) in [5.41, 5.74) is 2.46. The fourth-order valence-corrected chi connectivity index (χ4v) is 3.97. The lowest BCUT2D eigenvalue weighted by molar-refractivity contribution is -0.140. The average molecular weight is 370 g/mol. The van der Waals surface area contributed by atoms with Gasteiger partial charge in [0.2, 0.25) is 11.8 Å². The van der Waals surface area contributed by atoms with Crippen molar-refractivity contribution in [3.05, 3.63) is 35.4 Å². The van der Waals surface area contributed by atoms with Crippen molar-refractivity contribution in [1.82, 2.24) is 15.1 Å². The summed E-state index contributed by atoms with van der Waals surface area (Å²) in [4.78, 5) is 28.0. The van der Waals surface area contributed by atoms with Crippen LogP contribution in [0.4, 0.5) is 0 Å². The van der Waals surface area contributed by atoms with E-state index in [4.69, 9.17) is 0 Å². The fraction of sp³-hybridized carbons (Fsp3) is 0.529. The molecular formula is C17H24ClN3O2S. The smallest absolute Gasteiger partial charge is 0.242 e. The van der Waals surface area contributed by atoms with Crippen LogP contribution >= 0.6 is 24.2 Å². The molecule has 2 amide bonds. The Balaban J connectivity index is 0.00000208. The van der Waals surface area contributed by atoms with E-state index < -0.39 is 0 Å². The molecule has 132 valence electrons. The SMILES string of the molecule is CCc1ccc(C2CNCCN2C(=O)CN2CSCC2=O)cc1.Cl. The number of halogens is 1. The van der Waals surface area contributed by atoms with E-state index in [0.717, 1.165) is 25.1 Å². The molecule has 24 heavy (non-hydrogen) atoms. The van der Waals surface area contributed by atoms with E-state index in [1.54, 1.807) is 16.7 Å². The van der Waals surface area contributed by atoms with Crippen molar-refractivity contribution in [2.45, 2.75) is 19.4 Å². The maximum Gasteiger partial charge on any atom is 0.242 e. The molecular weight excluding hydrogens is 346 g/mol. The van der Waals surface area contributed by atoms with Crippen LogP contribution in [-0.2, 0) is 16.0 Å². The number of benzene rings is 1. The molecule has 2 saturated heterocycles. The average Bonchev–Trinajstić information content (AvgIpc) is 3.00. The number of amides is 2. The van der Waals surface area contributed by atoms with Gasteiger partial charge in [-0.2, -0.15) is 0 Å². The minimum atomic E-state index is 0. The summed E-state index contributed by atoms with van der Waals surface area (Å²) >= 11 is 1.57. The van der Waals surface area contributed by atoms with Crippen molar-refractivity contribution in [1.29, 1.82) is 0 Å². The molecule has 2 heterocycles. The first-order valence-corrected chi connectivity index (χ1v) is 9.29. The van der Waals surface area contributed by atoms with E-state index in [9.17, 15) is 9.59 Å². The molecule has 1 atom stereocenters. The number of aryl methyl sites for hydroxylation is 1. The summed E-state index contributed by atoms with van der Waals surface area (Å²) in [5.74, 6) is 1.25. The Morgan fingerprint density at radius 2 is 2.08 bits per heavy atom. The zero-order valence-electron chi connectivity index (χ0n) is 13.9. The fourth-order valence-electron chi connectivity index (χ4n) is 3.07. The third kappa shape index (κ3) is 4.23. The van der Waals surface area contributed by atoms with E-state index in [2.05, 4.69) is 36.5 Å². The molecule has 0 spiro atoms. The first-order valence-electron chi connectivity index (χ1n) is 8.13. The number of hydrogen-bond donors (Lipinski definition) is 1. The highest BCUT2D eigenvalue weighted by molar-refractivity contribution is 8.00. The van der Waals surface area contributed by atoms with Gasteiger partial charge in [0.15, 0.2) is 0 Å². The lowest BCUT2D eigenvalue weighted by Crippen LogP contribution is -2.51. The second-order valence-corrected chi connectivity index (χ2v) is 6.93. The Labute approximate surface area is 153 Å². The van der Waals surface area contributed by atoms with Crippen LogP contribution in [0.25, 0.3) is 0 Å². The lowest BCUT2D eigenvalue weighted by Gasteiger charge is -2.37. The largest absolute Gasteiger partial charge is 0.332 e. The number of nitrogens with zero attached hydrogens (tertiary/aromatic N) is 2. The number of carbonyl (C=O) groups is 2. The van der Waals surface area contributed by atoms with Crippen LogP contribution in [0.5, 0.6) is 0 Å². The van der Waals surface area contributed by atoms with Crippen LogP contribution in [0.15, 0.2) is 24.3 Å². The van der Waals surface area contributed by atoms with E-state index in [1.807, 2.05) is 4.90 Å². The number of nitrogens with one attached hydrogen (secondary N) is 1. The van der Waals surface area contributed by atoms with Crippen LogP contribution in [0.3, 0.4) is 0 Å². The maximum atomic E-state index is 12.7. The van der Waals surface area contributed by atoms with Gasteiger partial charge < -0.3 is 15.1 Å². The molecule has 1 aromatic rings. The quantitative estimate of drug-likeness (QED) is 0.877. The Kier molecular flexibility index (Phi) is 6.95. The van der Waals surface area contributed by atoms with Crippen molar-refractivity contribution in [2.24, 2.45) is 0 Å². The Morgan fingerprint density at radius 3 is 2.71 bits per heavy atom. The highest BCUT2D eigenvalue weighted by atomic mass is 35.5. The van der Waals surface area contributed by atoms with Crippen molar-refractivity contribution < 1.29 is 9.59 Å². The number of rotatable bonds is 4. The lowest BCUT2D eigenvalue weighted by atomic mass is 10.0. The maximum absolute atomic E-state index is 12.7. The molecule has 1 N–H and O–H groups in total. The molecule has 0 aromatic heterocycles. The summed E-state index contributed by atoms with van der Waals surface area (Å²) < 4.78 is 0. The molecule has 3 rings (SSSR count). The van der Waals surface area contributed by atoms with Crippen molar-refractivity contribution in [3.8, 4) is 0 Å². The third-order valence-electron chi connectivity index (χ3n) is 4.49. The number of hydrogen-bond acceptors (Lipinski definition) is 4. The number of thioether (sulfide) groups is 1. The Hall–Kier alpha value is -1.24. The first kappa shape index (κ1) is 19.1. The molecule has 2 fully saturated rings. The van der Waals surface area contributed by atoms with E-state index >= 15 is 0 Å². The molecule has 0 radical (unpaired) electrons. The third-order valence-corrected chi connectivity index (χ3v) is 5.43. The van der Waals surface area contributed by atoms with Crippen molar-refractivity contribution in [3.63, 3.8) is 0 Å². The highest BCUT2D eigenvalue weighted by Gasteiger charge is 2.31. The van der Waals surface area contributed by atoms with E-state index in [0.29, 0.717) is 18.2 Å². The van der Waals surface area contributed by atoms with E-state index in [-0.39, 0.29) is 36.8 Å². The Bertz CT molecular complexity index is 582. The molecule has 2 aliphatic heterocycles. The van der Waals surface area contributed by atoms with Gasteiger partial charge >= 0.3 is 0 Å². The van der Waals surface area contributed by atoms with Gasteiger partial charge in [-0.3, -0.25) is 9.59 Å². The van der Waals surface area contributed by atoms with E-state index in [1.165, 1.54) is 5.56 Å². The molecule has 1 unspecified atom stereocenters. The molecule has 0 bridgehead atoms. The monoisotopic (exact) mass is 369 g/mol. The van der Waals surface area contributed by atoms with Crippen LogP contribution in [-0.4, -0.2) is 59.4 Å². The van der Waals surface area contributed by atoms with Crippen LogP contribution < -0.4 is 5.32 Å². The van der Waals surface area contributed by atoms with Gasteiger partial charge in [-0.25, -0.2) is 0 Å². The van der Waals surface area contributed by atoms with Gasteiger partial charge in [0.1, 0.15) is 6.54 Å². The molecule has 0 saturated carbocycles. The molecule has 5 nitrogen and oxygen atoms in total. The van der Waals surface area contributed by atoms with Gasteiger partial charge in [-0.05, 0) is 17.5 Å². The topological polar surface area (TPSA) is 52.7 Å².